The van der Waals surface area contributed by atoms with Gasteiger partial charge in [0, 0.05) is 32.5 Å². The van der Waals surface area contributed by atoms with E-state index in [4.69, 9.17) is 60.1 Å². The summed E-state index contributed by atoms with van der Waals surface area (Å²) >= 11 is 12.4. The second kappa shape index (κ2) is 23.2. The zero-order valence-corrected chi connectivity index (χ0v) is 44.4. The van der Waals surface area contributed by atoms with Crippen LogP contribution in [0.2, 0.25) is 46.3 Å². The van der Waals surface area contributed by atoms with E-state index < -0.39 is 46.6 Å². The van der Waals surface area contributed by atoms with Gasteiger partial charge in [0.05, 0.1) is 48.6 Å². The van der Waals surface area contributed by atoms with Gasteiger partial charge in [0.2, 0.25) is 23.2 Å². The molecule has 1 aromatic heterocycles. The fourth-order valence-corrected chi connectivity index (χ4v) is 9.34. The first kappa shape index (κ1) is 55.1. The molecular formula is C50H58Cl2N10O5Si2. The highest BCUT2D eigenvalue weighted by Gasteiger charge is 2.42. The molecule has 5 aromatic rings. The van der Waals surface area contributed by atoms with Crippen LogP contribution in [0.1, 0.15) is 88.8 Å². The van der Waals surface area contributed by atoms with Crippen LogP contribution in [0.5, 0.6) is 0 Å². The molecule has 0 saturated carbocycles. The molecule has 4 N–H and O–H groups in total. The Hall–Kier alpha value is -6.55. The van der Waals surface area contributed by atoms with Crippen LogP contribution in [0.15, 0.2) is 89.3 Å². The van der Waals surface area contributed by atoms with Gasteiger partial charge in [-0.2, -0.15) is 10.5 Å². The van der Waals surface area contributed by atoms with Gasteiger partial charge < -0.3 is 23.9 Å². The molecule has 360 valence electrons. The molecule has 0 fully saturated rings. The average molecular weight is 1010 g/mol. The number of anilines is 2. The van der Waals surface area contributed by atoms with Crippen LogP contribution in [0, 0.1) is 35.8 Å². The quantitative estimate of drug-likeness (QED) is 0.0469. The number of nitrogens with zero attached hydrogens (tertiary/aromatic N) is 6. The maximum atomic E-state index is 13.2. The standard InChI is InChI=1S/C25H30ClN5O3Si.C25H28ClN5O2Si/c1-16(34-35(6,7)25(2,3)4)22(29-19-12-13-21(28-5)20(26)14-19)24(33)31-30-23(32)18-10-8-17(15-27)9-11-18;1-16(33-34(6,7)25(2,3)4)22(29-19-12-13-21(28-5)20(26)14-19)24-31-30-23(32-24)18-10-8-17(15-27)9-11-18/h8-14,16,22,29H,1-4,6-7H3,(H,30,32)(H,31,33);8-14,16,22,29H,1-4,6-7H3/t2*16-,22-/m11/s1. The molecule has 1 heterocycles. The van der Waals surface area contributed by atoms with Gasteiger partial charge in [-0.25, -0.2) is 9.69 Å². The molecule has 0 spiro atoms. The lowest BCUT2D eigenvalue weighted by Gasteiger charge is -2.40. The Bertz CT molecular complexity index is 2780. The molecule has 0 aliphatic heterocycles. The van der Waals surface area contributed by atoms with Crippen molar-refractivity contribution in [3.8, 4) is 23.6 Å². The van der Waals surface area contributed by atoms with Crippen molar-refractivity contribution in [1.82, 2.24) is 21.0 Å². The molecule has 19 heteroatoms. The fourth-order valence-electron chi connectivity index (χ4n) is 6.06. The van der Waals surface area contributed by atoms with Gasteiger partial charge in [0.1, 0.15) is 12.1 Å². The summed E-state index contributed by atoms with van der Waals surface area (Å²) in [6, 6.07) is 25.7. The first-order valence-corrected chi connectivity index (χ1v) is 28.5. The molecule has 0 unspecified atom stereocenters. The minimum absolute atomic E-state index is 0.0227. The van der Waals surface area contributed by atoms with Crippen molar-refractivity contribution >= 4 is 74.4 Å². The summed E-state index contributed by atoms with van der Waals surface area (Å²) in [4.78, 5) is 32.4. The first-order chi connectivity index (χ1) is 32.2. The lowest BCUT2D eigenvalue weighted by atomic mass is 10.1. The minimum Gasteiger partial charge on any atom is -0.418 e. The summed E-state index contributed by atoms with van der Waals surface area (Å²) in [5.41, 5.74) is 8.80. The molecule has 69 heavy (non-hydrogen) atoms. The summed E-state index contributed by atoms with van der Waals surface area (Å²) in [6.07, 6.45) is -0.850. The number of nitrogens with one attached hydrogen (secondary N) is 4. The lowest BCUT2D eigenvalue weighted by Crippen LogP contribution is -2.55. The number of amides is 2. The summed E-state index contributed by atoms with van der Waals surface area (Å²) in [5.74, 6) is -0.309. The molecule has 5 rings (SSSR count). The molecule has 4 aromatic carbocycles. The number of nitriles is 2. The Kier molecular flexibility index (Phi) is 18.5. The molecule has 0 aliphatic carbocycles. The highest BCUT2D eigenvalue weighted by Crippen LogP contribution is 2.41. The minimum atomic E-state index is -2.23. The molecule has 2 amide bonds. The Morgan fingerprint density at radius 2 is 1.16 bits per heavy atom. The molecule has 0 saturated heterocycles. The van der Waals surface area contributed by atoms with Crippen molar-refractivity contribution in [3.63, 3.8) is 0 Å². The third kappa shape index (κ3) is 14.7. The van der Waals surface area contributed by atoms with Crippen molar-refractivity contribution in [1.29, 1.82) is 10.5 Å². The van der Waals surface area contributed by atoms with E-state index in [1.807, 2.05) is 13.0 Å². The van der Waals surface area contributed by atoms with E-state index in [2.05, 4.69) is 115 Å². The number of carbonyl (C=O) groups excluding carboxylic acids is 2. The van der Waals surface area contributed by atoms with Crippen LogP contribution in [-0.2, 0) is 13.6 Å². The highest BCUT2D eigenvalue weighted by atomic mass is 35.5. The Morgan fingerprint density at radius 1 is 0.696 bits per heavy atom. The Morgan fingerprint density at radius 3 is 1.61 bits per heavy atom. The van der Waals surface area contributed by atoms with Crippen molar-refractivity contribution < 1.29 is 22.9 Å². The summed E-state index contributed by atoms with van der Waals surface area (Å²) in [6.45, 7) is 39.6. The number of hydrogen-bond acceptors (Lipinski definition) is 11. The van der Waals surface area contributed by atoms with E-state index in [0.29, 0.717) is 56.2 Å². The number of aromatic nitrogens is 2. The molecule has 15 nitrogen and oxygen atoms in total. The summed E-state index contributed by atoms with van der Waals surface area (Å²) in [5, 5.41) is 33.6. The maximum absolute atomic E-state index is 13.2. The molecule has 0 aliphatic rings. The molecule has 4 atom stereocenters. The van der Waals surface area contributed by atoms with Crippen LogP contribution >= 0.6 is 23.2 Å². The van der Waals surface area contributed by atoms with Gasteiger partial charge in [-0.15, -0.1) is 10.2 Å². The smallest absolute Gasteiger partial charge is 0.269 e. The number of benzene rings is 4. The van der Waals surface area contributed by atoms with E-state index in [1.165, 1.54) is 24.3 Å². The zero-order chi connectivity index (χ0) is 51.5. The summed E-state index contributed by atoms with van der Waals surface area (Å²) in [7, 11) is -4.33. The predicted molar refractivity (Wildman–Crippen MR) is 276 cm³/mol. The van der Waals surface area contributed by atoms with E-state index in [1.54, 1.807) is 67.6 Å². The zero-order valence-electron chi connectivity index (χ0n) is 40.9. The number of hydrazine groups is 1. The second-order valence-corrected chi connectivity index (χ2v) is 29.6. The SMILES string of the molecule is [C-]#[N+]c1ccc(N[C@@H](C(=O)NNC(=O)c2ccc(C#N)cc2)[C@@H](C)O[Si](C)(C)C(C)(C)C)cc1Cl.[C-]#[N+]c1ccc(N[C@@H](c2nnc(-c3ccc(C#N)cc3)o2)[C@@H](C)O[Si](C)(C)C(C)(C)C)cc1Cl. The first-order valence-electron chi connectivity index (χ1n) is 21.9. The van der Waals surface area contributed by atoms with E-state index in [9.17, 15) is 9.59 Å². The average Bonchev–Trinajstić information content (AvgIpc) is 3.78. The monoisotopic (exact) mass is 1000 g/mol. The predicted octanol–water partition coefficient (Wildman–Crippen LogP) is 12.8. The largest absolute Gasteiger partial charge is 0.418 e. The van der Waals surface area contributed by atoms with E-state index in [0.717, 1.165) is 5.56 Å². The van der Waals surface area contributed by atoms with Crippen LogP contribution < -0.4 is 21.5 Å². The molecular weight excluding hydrogens is 948 g/mol. The van der Waals surface area contributed by atoms with E-state index in [-0.39, 0.29) is 21.2 Å². The molecule has 0 radical (unpaired) electrons. The number of carbonyl (C=O) groups is 2. The number of rotatable bonds is 14. The van der Waals surface area contributed by atoms with Gasteiger partial charge in [-0.1, -0.05) is 76.9 Å². The second-order valence-electron chi connectivity index (χ2n) is 19.2. The normalized spacial score (nSPS) is 13.3. The highest BCUT2D eigenvalue weighted by molar-refractivity contribution is 6.74. The van der Waals surface area contributed by atoms with Gasteiger partial charge in [-0.3, -0.25) is 20.4 Å². The van der Waals surface area contributed by atoms with Gasteiger partial charge in [-0.05, 0) is 123 Å². The van der Waals surface area contributed by atoms with Crippen molar-refractivity contribution in [2.24, 2.45) is 0 Å². The van der Waals surface area contributed by atoms with E-state index >= 15 is 0 Å². The van der Waals surface area contributed by atoms with Gasteiger partial charge >= 0.3 is 0 Å². The number of hydrogen-bond donors (Lipinski definition) is 4. The lowest BCUT2D eigenvalue weighted by molar-refractivity contribution is -0.124. The summed E-state index contributed by atoms with van der Waals surface area (Å²) < 4.78 is 19.1. The van der Waals surface area contributed by atoms with Gasteiger partial charge in [0.15, 0.2) is 16.6 Å². The Balaban J connectivity index is 0.000000301. The van der Waals surface area contributed by atoms with Crippen LogP contribution in [-0.4, -0.2) is 56.9 Å². The number of halogens is 2. The van der Waals surface area contributed by atoms with Crippen LogP contribution in [0.3, 0.4) is 0 Å². The van der Waals surface area contributed by atoms with Crippen LogP contribution in [0.4, 0.5) is 22.7 Å². The van der Waals surface area contributed by atoms with Crippen LogP contribution in [0.25, 0.3) is 21.1 Å². The van der Waals surface area contributed by atoms with Gasteiger partial charge in [0.25, 0.3) is 11.8 Å². The fraction of sp³-hybridized carbons (Fsp3) is 0.360. The van der Waals surface area contributed by atoms with Crippen molar-refractivity contribution in [3.05, 3.63) is 140 Å². The molecule has 0 bridgehead atoms. The third-order valence-electron chi connectivity index (χ3n) is 12.1. The van der Waals surface area contributed by atoms with Crippen molar-refractivity contribution in [2.75, 3.05) is 10.6 Å². The topological polar surface area (TPSA) is 196 Å². The maximum Gasteiger partial charge on any atom is 0.269 e. The third-order valence-corrected chi connectivity index (χ3v) is 21.9. The Labute approximate surface area is 417 Å². The van der Waals surface area contributed by atoms with Crippen molar-refractivity contribution in [2.45, 2.75) is 116 Å².